The zero-order chi connectivity index (χ0) is 10.2. The highest BCUT2D eigenvalue weighted by Crippen LogP contribution is 2.32. The number of hydrogen-bond acceptors (Lipinski definition) is 2. The number of hydrogen-bond donors (Lipinski definition) is 0. The van der Waals surface area contributed by atoms with Crippen LogP contribution >= 0.6 is 34.8 Å². The standard InChI is InChI=1S/C7H2Cl3FO2/c8-3-1-2(7(12)13)4(9)6(11)5(3)10/h1H,(H,12,13)/p-1. The van der Waals surface area contributed by atoms with E-state index in [4.69, 9.17) is 34.8 Å². The second-order valence-corrected chi connectivity index (χ2v) is 3.30. The fourth-order valence-corrected chi connectivity index (χ4v) is 1.34. The summed E-state index contributed by atoms with van der Waals surface area (Å²) in [5.74, 6) is -2.67. The van der Waals surface area contributed by atoms with Gasteiger partial charge in [0.1, 0.15) is 0 Å². The van der Waals surface area contributed by atoms with Crippen LogP contribution in [0.1, 0.15) is 10.4 Å². The number of halogens is 4. The van der Waals surface area contributed by atoms with E-state index in [0.717, 1.165) is 6.07 Å². The van der Waals surface area contributed by atoms with Crippen LogP contribution in [0.4, 0.5) is 4.39 Å². The third kappa shape index (κ3) is 1.88. The van der Waals surface area contributed by atoms with Gasteiger partial charge in [0, 0.05) is 5.56 Å². The third-order valence-electron chi connectivity index (χ3n) is 1.32. The molecule has 1 aromatic rings. The van der Waals surface area contributed by atoms with Crippen molar-refractivity contribution in [2.75, 3.05) is 0 Å². The minimum Gasteiger partial charge on any atom is -0.545 e. The van der Waals surface area contributed by atoms with Gasteiger partial charge in [-0.25, -0.2) is 4.39 Å². The summed E-state index contributed by atoms with van der Waals surface area (Å²) >= 11 is 16.1. The molecule has 0 saturated carbocycles. The molecule has 0 aliphatic carbocycles. The Bertz CT molecular complexity index is 378. The number of carboxylic acid groups (broad SMARTS) is 1. The minimum absolute atomic E-state index is 0.220. The summed E-state index contributed by atoms with van der Waals surface area (Å²) in [7, 11) is 0. The average molecular weight is 242 g/mol. The molecule has 0 atom stereocenters. The predicted molar refractivity (Wildman–Crippen MR) is 45.8 cm³/mol. The molecule has 1 rings (SSSR count). The van der Waals surface area contributed by atoms with Crippen LogP contribution in [0.25, 0.3) is 0 Å². The first-order valence-electron chi connectivity index (χ1n) is 2.99. The van der Waals surface area contributed by atoms with Gasteiger partial charge in [0.25, 0.3) is 0 Å². The van der Waals surface area contributed by atoms with E-state index in [0.29, 0.717) is 0 Å². The summed E-state index contributed by atoms with van der Waals surface area (Å²) in [6.07, 6.45) is 0. The molecule has 13 heavy (non-hydrogen) atoms. The quantitative estimate of drug-likeness (QED) is 0.559. The lowest BCUT2D eigenvalue weighted by molar-refractivity contribution is -0.255. The molecule has 6 heteroatoms. The molecule has 0 fully saturated rings. The molecule has 0 radical (unpaired) electrons. The Kier molecular flexibility index (Phi) is 3.01. The van der Waals surface area contributed by atoms with Crippen LogP contribution in [0.15, 0.2) is 6.07 Å². The van der Waals surface area contributed by atoms with Gasteiger partial charge in [-0.2, -0.15) is 0 Å². The first-order valence-corrected chi connectivity index (χ1v) is 4.13. The highest BCUT2D eigenvalue weighted by molar-refractivity contribution is 6.44. The minimum atomic E-state index is -1.61. The number of aromatic carboxylic acids is 1. The lowest BCUT2D eigenvalue weighted by Crippen LogP contribution is -2.23. The summed E-state index contributed by atoms with van der Waals surface area (Å²) in [6, 6.07) is 0.935. The van der Waals surface area contributed by atoms with E-state index < -0.39 is 27.4 Å². The van der Waals surface area contributed by atoms with Gasteiger partial charge in [-0.3, -0.25) is 0 Å². The molecule has 0 saturated heterocycles. The number of benzene rings is 1. The lowest BCUT2D eigenvalue weighted by atomic mass is 10.2. The van der Waals surface area contributed by atoms with Gasteiger partial charge in [0.05, 0.1) is 21.0 Å². The highest BCUT2D eigenvalue weighted by Gasteiger charge is 2.14. The van der Waals surface area contributed by atoms with Crippen LogP contribution in [0.2, 0.25) is 15.1 Å². The van der Waals surface area contributed by atoms with E-state index in [-0.39, 0.29) is 5.02 Å². The number of carboxylic acids is 1. The SMILES string of the molecule is O=C([O-])c1cc(Cl)c(Cl)c(F)c1Cl. The smallest absolute Gasteiger partial charge is 0.162 e. The number of rotatable bonds is 1. The first-order chi connectivity index (χ1) is 5.95. The zero-order valence-corrected chi connectivity index (χ0v) is 8.17. The van der Waals surface area contributed by atoms with E-state index in [9.17, 15) is 14.3 Å². The van der Waals surface area contributed by atoms with Crippen LogP contribution in [-0.4, -0.2) is 5.97 Å². The molecule has 0 bridgehead atoms. The monoisotopic (exact) mass is 241 g/mol. The van der Waals surface area contributed by atoms with Gasteiger partial charge in [-0.1, -0.05) is 34.8 Å². The van der Waals surface area contributed by atoms with E-state index >= 15 is 0 Å². The van der Waals surface area contributed by atoms with E-state index in [1.165, 1.54) is 0 Å². The molecule has 2 nitrogen and oxygen atoms in total. The van der Waals surface area contributed by atoms with Crippen LogP contribution < -0.4 is 5.11 Å². The molecule has 0 heterocycles. The van der Waals surface area contributed by atoms with Crippen molar-refractivity contribution in [2.45, 2.75) is 0 Å². The molecule has 0 aromatic heterocycles. The molecular formula is C7HCl3FO2-. The normalized spacial score (nSPS) is 10.2. The van der Waals surface area contributed by atoms with Crippen LogP contribution in [0.5, 0.6) is 0 Å². The topological polar surface area (TPSA) is 40.1 Å². The average Bonchev–Trinajstić information content (AvgIpc) is 2.07. The Hall–Kier alpha value is -0.510. The Labute approximate surface area is 87.8 Å². The second-order valence-electron chi connectivity index (χ2n) is 2.14. The Balaban J connectivity index is 3.50. The molecule has 1 aromatic carbocycles. The van der Waals surface area contributed by atoms with E-state index in [1.807, 2.05) is 0 Å². The summed E-state index contributed by atoms with van der Waals surface area (Å²) in [4.78, 5) is 10.4. The van der Waals surface area contributed by atoms with Crippen molar-refractivity contribution in [1.82, 2.24) is 0 Å². The van der Waals surface area contributed by atoms with Crippen molar-refractivity contribution in [3.8, 4) is 0 Å². The second kappa shape index (κ2) is 3.70. The molecule has 0 aliphatic heterocycles. The van der Waals surface area contributed by atoms with E-state index in [1.54, 1.807) is 0 Å². The van der Waals surface area contributed by atoms with Gasteiger partial charge in [-0.15, -0.1) is 0 Å². The van der Waals surface area contributed by atoms with Crippen molar-refractivity contribution in [2.24, 2.45) is 0 Å². The van der Waals surface area contributed by atoms with Crippen molar-refractivity contribution < 1.29 is 14.3 Å². The van der Waals surface area contributed by atoms with Crippen LogP contribution in [-0.2, 0) is 0 Å². The van der Waals surface area contributed by atoms with Crippen LogP contribution in [0, 0.1) is 5.82 Å². The molecule has 70 valence electrons. The van der Waals surface area contributed by atoms with Crippen molar-refractivity contribution in [3.63, 3.8) is 0 Å². The Morgan fingerprint density at radius 1 is 1.31 bits per heavy atom. The molecule has 0 N–H and O–H groups in total. The Morgan fingerprint density at radius 2 is 1.85 bits per heavy atom. The highest BCUT2D eigenvalue weighted by atomic mass is 35.5. The third-order valence-corrected chi connectivity index (χ3v) is 2.46. The molecular weight excluding hydrogens is 241 g/mol. The zero-order valence-electron chi connectivity index (χ0n) is 5.91. The molecule has 0 amide bonds. The summed E-state index contributed by atoms with van der Waals surface area (Å²) in [6.45, 7) is 0. The molecule has 0 unspecified atom stereocenters. The van der Waals surface area contributed by atoms with Gasteiger partial charge in [0.2, 0.25) is 0 Å². The van der Waals surface area contributed by atoms with Crippen molar-refractivity contribution in [3.05, 3.63) is 32.5 Å². The van der Waals surface area contributed by atoms with Crippen molar-refractivity contribution in [1.29, 1.82) is 0 Å². The van der Waals surface area contributed by atoms with E-state index in [2.05, 4.69) is 0 Å². The molecule has 0 spiro atoms. The summed E-state index contributed by atoms with van der Waals surface area (Å²) < 4.78 is 13.0. The maximum Gasteiger partial charge on any atom is 0.162 e. The van der Waals surface area contributed by atoms with Gasteiger partial charge < -0.3 is 9.90 Å². The number of carbonyl (C=O) groups excluding carboxylic acids is 1. The fraction of sp³-hybridized carbons (Fsp3) is 0. The lowest BCUT2D eigenvalue weighted by Gasteiger charge is -2.08. The largest absolute Gasteiger partial charge is 0.545 e. The van der Waals surface area contributed by atoms with Gasteiger partial charge >= 0.3 is 0 Å². The van der Waals surface area contributed by atoms with Gasteiger partial charge in [0.15, 0.2) is 5.82 Å². The predicted octanol–water partition coefficient (Wildman–Crippen LogP) is 2.15. The van der Waals surface area contributed by atoms with Crippen LogP contribution in [0.3, 0.4) is 0 Å². The molecule has 0 aliphatic rings. The van der Waals surface area contributed by atoms with Crippen molar-refractivity contribution >= 4 is 40.8 Å². The summed E-state index contributed by atoms with van der Waals surface area (Å²) in [5.41, 5.74) is -0.520. The van der Waals surface area contributed by atoms with Gasteiger partial charge in [-0.05, 0) is 6.07 Å². The fourth-order valence-electron chi connectivity index (χ4n) is 0.721. The summed E-state index contributed by atoms with van der Waals surface area (Å²) in [5, 5.41) is 9.15. The Morgan fingerprint density at radius 3 is 2.31 bits per heavy atom. The number of carbonyl (C=O) groups is 1. The first kappa shape index (κ1) is 10.6. The maximum absolute atomic E-state index is 13.0. The maximum atomic E-state index is 13.0.